The van der Waals surface area contributed by atoms with Crippen molar-refractivity contribution in [2.45, 2.75) is 64.2 Å². The summed E-state index contributed by atoms with van der Waals surface area (Å²) in [6, 6.07) is 15.5. The zero-order chi connectivity index (χ0) is 26.9. The van der Waals surface area contributed by atoms with E-state index >= 15 is 0 Å². The van der Waals surface area contributed by atoms with Crippen LogP contribution in [0.5, 0.6) is 0 Å². The number of aliphatic hydroxyl groups is 2. The van der Waals surface area contributed by atoms with Gasteiger partial charge < -0.3 is 25.2 Å². The molecule has 0 spiro atoms. The van der Waals surface area contributed by atoms with Crippen LogP contribution in [0, 0.1) is 5.82 Å². The molecule has 9 heteroatoms. The Labute approximate surface area is 215 Å². The summed E-state index contributed by atoms with van der Waals surface area (Å²) in [6.45, 7) is 4.27. The lowest BCUT2D eigenvalue weighted by molar-refractivity contribution is -0.139. The van der Waals surface area contributed by atoms with Gasteiger partial charge in [0, 0.05) is 23.8 Å². The molecule has 0 aliphatic carbocycles. The Bertz CT molecular complexity index is 1180. The minimum Gasteiger partial charge on any atom is -0.481 e. The Hall–Kier alpha value is -3.56. The van der Waals surface area contributed by atoms with E-state index in [1.54, 1.807) is 12.1 Å². The second-order valence-electron chi connectivity index (χ2n) is 9.37. The highest BCUT2D eigenvalue weighted by Gasteiger charge is 2.25. The van der Waals surface area contributed by atoms with Crippen molar-refractivity contribution in [1.82, 2.24) is 14.9 Å². The molecular formula is C28H34FN3O5. The molecule has 0 aliphatic rings. The van der Waals surface area contributed by atoms with E-state index in [0.717, 1.165) is 5.56 Å². The van der Waals surface area contributed by atoms with E-state index in [4.69, 9.17) is 5.11 Å². The number of aliphatic hydroxyl groups excluding tert-OH is 2. The molecule has 0 fully saturated rings. The van der Waals surface area contributed by atoms with Gasteiger partial charge in [-0.25, -0.2) is 9.37 Å². The van der Waals surface area contributed by atoms with Crippen LogP contribution in [0.4, 0.5) is 4.39 Å². The topological polar surface area (TPSA) is 125 Å². The second kappa shape index (κ2) is 13.1. The maximum Gasteiger partial charge on any atom is 0.305 e. The number of aromatic nitrogens is 2. The number of carboxylic acid groups (broad SMARTS) is 1. The van der Waals surface area contributed by atoms with Gasteiger partial charge in [0.1, 0.15) is 5.82 Å². The molecular weight excluding hydrogens is 477 g/mol. The average Bonchev–Trinajstić information content (AvgIpc) is 3.23. The van der Waals surface area contributed by atoms with Gasteiger partial charge in [-0.05, 0) is 69.4 Å². The summed E-state index contributed by atoms with van der Waals surface area (Å²) in [7, 11) is 0. The maximum absolute atomic E-state index is 13.6. The summed E-state index contributed by atoms with van der Waals surface area (Å²) in [5.41, 5.74) is 2.94. The zero-order valence-electron chi connectivity index (χ0n) is 21.1. The summed E-state index contributed by atoms with van der Waals surface area (Å²) in [5.74, 6) is -1.65. The minimum atomic E-state index is -1.16. The number of nitrogens with one attached hydrogen (secondary N) is 1. The maximum atomic E-state index is 13.6. The molecule has 8 nitrogen and oxygen atoms in total. The number of carboxylic acids is 1. The van der Waals surface area contributed by atoms with Crippen LogP contribution in [0.2, 0.25) is 0 Å². The lowest BCUT2D eigenvalue weighted by Crippen LogP contribution is -2.29. The Morgan fingerprint density at radius 2 is 1.68 bits per heavy atom. The molecule has 37 heavy (non-hydrogen) atoms. The van der Waals surface area contributed by atoms with Crippen LogP contribution >= 0.6 is 0 Å². The quantitative estimate of drug-likeness (QED) is 0.277. The number of imidazole rings is 1. The SMILES string of the molecule is CC(C)n1c(C(=O)NCCc2ccccc2)nc(-c2ccc(F)cc2)c1CC[C@@H](O)C[C@@H](O)CC(=O)O. The van der Waals surface area contributed by atoms with Crippen molar-refractivity contribution in [3.8, 4) is 11.3 Å². The highest BCUT2D eigenvalue weighted by molar-refractivity contribution is 5.92. The van der Waals surface area contributed by atoms with Crippen LogP contribution in [0.15, 0.2) is 54.6 Å². The van der Waals surface area contributed by atoms with Crippen LogP contribution in [-0.4, -0.2) is 55.5 Å². The number of nitrogens with zero attached hydrogens (tertiary/aromatic N) is 2. The van der Waals surface area contributed by atoms with E-state index in [1.807, 2.05) is 48.7 Å². The van der Waals surface area contributed by atoms with Crippen LogP contribution in [0.3, 0.4) is 0 Å². The van der Waals surface area contributed by atoms with E-state index in [9.17, 15) is 24.2 Å². The first kappa shape index (κ1) is 28.0. The third kappa shape index (κ3) is 7.96. The molecule has 3 rings (SSSR count). The fourth-order valence-corrected chi connectivity index (χ4v) is 4.32. The fourth-order valence-electron chi connectivity index (χ4n) is 4.32. The van der Waals surface area contributed by atoms with Crippen molar-refractivity contribution in [2.75, 3.05) is 6.54 Å². The molecule has 0 radical (unpaired) electrons. The predicted molar refractivity (Wildman–Crippen MR) is 138 cm³/mol. The average molecular weight is 512 g/mol. The number of hydrogen-bond donors (Lipinski definition) is 4. The molecule has 2 atom stereocenters. The zero-order valence-corrected chi connectivity index (χ0v) is 21.1. The van der Waals surface area contributed by atoms with E-state index in [-0.39, 0.29) is 30.6 Å². The van der Waals surface area contributed by atoms with Gasteiger partial charge in [-0.15, -0.1) is 0 Å². The molecule has 0 saturated heterocycles. The monoisotopic (exact) mass is 511 g/mol. The Morgan fingerprint density at radius 1 is 1.00 bits per heavy atom. The number of benzene rings is 2. The summed E-state index contributed by atoms with van der Waals surface area (Å²) >= 11 is 0. The number of carbonyl (C=O) groups excluding carboxylic acids is 1. The van der Waals surface area contributed by atoms with Crippen molar-refractivity contribution >= 4 is 11.9 Å². The van der Waals surface area contributed by atoms with Gasteiger partial charge in [-0.1, -0.05) is 30.3 Å². The van der Waals surface area contributed by atoms with Crippen molar-refractivity contribution in [2.24, 2.45) is 0 Å². The van der Waals surface area contributed by atoms with Gasteiger partial charge in [-0.2, -0.15) is 0 Å². The highest BCUT2D eigenvalue weighted by Crippen LogP contribution is 2.29. The molecule has 2 aromatic carbocycles. The lowest BCUT2D eigenvalue weighted by atomic mass is 10.0. The van der Waals surface area contributed by atoms with Gasteiger partial charge in [0.15, 0.2) is 5.82 Å². The van der Waals surface area contributed by atoms with Gasteiger partial charge in [-0.3, -0.25) is 9.59 Å². The van der Waals surface area contributed by atoms with E-state index in [1.165, 1.54) is 12.1 Å². The summed E-state index contributed by atoms with van der Waals surface area (Å²) < 4.78 is 15.4. The van der Waals surface area contributed by atoms with E-state index in [0.29, 0.717) is 36.3 Å². The molecule has 0 aliphatic heterocycles. The van der Waals surface area contributed by atoms with Crippen LogP contribution in [-0.2, 0) is 17.6 Å². The van der Waals surface area contributed by atoms with Crippen molar-refractivity contribution in [3.05, 3.63) is 77.5 Å². The second-order valence-corrected chi connectivity index (χ2v) is 9.37. The molecule has 1 heterocycles. The highest BCUT2D eigenvalue weighted by atomic mass is 19.1. The number of amides is 1. The number of rotatable bonds is 13. The van der Waals surface area contributed by atoms with Crippen molar-refractivity contribution in [3.63, 3.8) is 0 Å². The van der Waals surface area contributed by atoms with Crippen LogP contribution in [0.1, 0.15) is 61.0 Å². The molecule has 198 valence electrons. The van der Waals surface area contributed by atoms with E-state index in [2.05, 4.69) is 10.3 Å². The molecule has 0 bridgehead atoms. The molecule has 4 N–H and O–H groups in total. The molecule has 1 aromatic heterocycles. The summed E-state index contributed by atoms with van der Waals surface area (Å²) in [4.78, 5) is 28.7. The first-order valence-electron chi connectivity index (χ1n) is 12.4. The van der Waals surface area contributed by atoms with Gasteiger partial charge in [0.2, 0.25) is 0 Å². The number of aliphatic carboxylic acids is 1. The van der Waals surface area contributed by atoms with Crippen molar-refractivity contribution in [1.29, 1.82) is 0 Å². The smallest absolute Gasteiger partial charge is 0.305 e. The van der Waals surface area contributed by atoms with Gasteiger partial charge in [0.25, 0.3) is 5.91 Å². The third-order valence-corrected chi connectivity index (χ3v) is 6.06. The normalized spacial score (nSPS) is 12.9. The molecule has 0 unspecified atom stereocenters. The summed E-state index contributed by atoms with van der Waals surface area (Å²) in [6.07, 6.45) is -1.44. The van der Waals surface area contributed by atoms with Crippen LogP contribution in [0.25, 0.3) is 11.3 Å². The van der Waals surface area contributed by atoms with Gasteiger partial charge >= 0.3 is 5.97 Å². The van der Waals surface area contributed by atoms with E-state index < -0.39 is 30.4 Å². The summed E-state index contributed by atoms with van der Waals surface area (Å²) in [5, 5.41) is 32.1. The van der Waals surface area contributed by atoms with Crippen LogP contribution < -0.4 is 5.32 Å². The standard InChI is InChI=1S/C28H34FN3O5/c1-18(2)32-24(13-12-22(33)16-23(34)17-25(35)36)26(20-8-10-21(29)11-9-20)31-27(32)28(37)30-15-14-19-6-4-3-5-7-19/h3-11,18,22-23,33-34H,12-17H2,1-2H3,(H,30,37)(H,35,36)/t22-,23-/m1/s1. The van der Waals surface area contributed by atoms with Gasteiger partial charge in [0.05, 0.1) is 24.3 Å². The Balaban J connectivity index is 1.85. The Morgan fingerprint density at radius 3 is 2.30 bits per heavy atom. The molecule has 0 saturated carbocycles. The predicted octanol–water partition coefficient (Wildman–Crippen LogP) is 3.76. The fraction of sp³-hybridized carbons (Fsp3) is 0.393. The largest absolute Gasteiger partial charge is 0.481 e. The number of hydrogen-bond acceptors (Lipinski definition) is 5. The van der Waals surface area contributed by atoms with Crippen molar-refractivity contribution < 1.29 is 29.3 Å². The first-order chi connectivity index (χ1) is 17.7. The third-order valence-electron chi connectivity index (χ3n) is 6.06. The molecule has 1 amide bonds. The lowest BCUT2D eigenvalue weighted by Gasteiger charge is -2.18. The number of carbonyl (C=O) groups is 2. The Kier molecular flexibility index (Phi) is 9.93. The first-order valence-corrected chi connectivity index (χ1v) is 12.4. The number of halogens is 1. The minimum absolute atomic E-state index is 0.0825. The molecule has 3 aromatic rings.